The van der Waals surface area contributed by atoms with E-state index < -0.39 is 12.3 Å². The molecule has 0 unspecified atom stereocenters. The molecule has 0 atom stereocenters. The molecule has 0 bridgehead atoms. The van der Waals surface area contributed by atoms with E-state index in [1.165, 1.54) is 11.3 Å². The fourth-order valence-corrected chi connectivity index (χ4v) is 4.33. The number of rotatable bonds is 3. The number of nitrogens with zero attached hydrogens (tertiary/aromatic N) is 6. The molecule has 0 aromatic carbocycles. The zero-order chi connectivity index (χ0) is 17.8. The number of hydrogen-bond donors (Lipinski definition) is 0. The summed E-state index contributed by atoms with van der Waals surface area (Å²) >= 11 is 1.47. The van der Waals surface area contributed by atoms with E-state index in [0.29, 0.717) is 29.8 Å². The van der Waals surface area contributed by atoms with Crippen LogP contribution in [0.5, 0.6) is 0 Å². The fourth-order valence-electron chi connectivity index (χ4n) is 3.29. The van der Waals surface area contributed by atoms with Crippen molar-refractivity contribution in [2.75, 3.05) is 0 Å². The molecule has 4 aromatic rings. The van der Waals surface area contributed by atoms with Crippen LogP contribution in [0, 0.1) is 5.92 Å². The van der Waals surface area contributed by atoms with Crippen LogP contribution in [0.4, 0.5) is 8.78 Å². The Morgan fingerprint density at radius 1 is 1.19 bits per heavy atom. The van der Waals surface area contributed by atoms with Crippen molar-refractivity contribution in [3.63, 3.8) is 0 Å². The Morgan fingerprint density at radius 3 is 2.85 bits per heavy atom. The standard InChI is InChI=1S/C17H14F2N6S/c1-25-7-11-4-10(5-20-15(11)24-25)14-21-6-12-17(23-14)26-16(22-12)9-2-8(3-9)13(18)19/h4-9,13H,2-3H2,1H3. The van der Waals surface area contributed by atoms with E-state index in [1.807, 2.05) is 19.3 Å². The summed E-state index contributed by atoms with van der Waals surface area (Å²) in [5.74, 6) is 0.195. The van der Waals surface area contributed by atoms with E-state index in [9.17, 15) is 8.78 Å². The molecule has 9 heteroatoms. The molecule has 1 fully saturated rings. The number of thiazole rings is 1. The normalized spacial score (nSPS) is 20.2. The van der Waals surface area contributed by atoms with Gasteiger partial charge in [-0.25, -0.2) is 28.7 Å². The molecule has 1 aliphatic carbocycles. The van der Waals surface area contributed by atoms with Gasteiger partial charge < -0.3 is 0 Å². The molecule has 0 spiro atoms. The summed E-state index contributed by atoms with van der Waals surface area (Å²) in [4.78, 5) is 18.7. The minimum atomic E-state index is -2.23. The Hall–Kier alpha value is -2.55. The van der Waals surface area contributed by atoms with Crippen molar-refractivity contribution in [2.45, 2.75) is 25.2 Å². The smallest absolute Gasteiger partial charge is 0.241 e. The molecule has 26 heavy (non-hydrogen) atoms. The van der Waals surface area contributed by atoms with Gasteiger partial charge in [0.15, 0.2) is 11.5 Å². The van der Waals surface area contributed by atoms with Gasteiger partial charge in [-0.1, -0.05) is 11.3 Å². The second-order valence-corrected chi connectivity index (χ2v) is 7.65. The monoisotopic (exact) mass is 372 g/mol. The van der Waals surface area contributed by atoms with Crippen LogP contribution in [0.15, 0.2) is 24.7 Å². The minimum Gasteiger partial charge on any atom is -0.273 e. The second kappa shape index (κ2) is 5.73. The summed E-state index contributed by atoms with van der Waals surface area (Å²) in [6.07, 6.45) is 4.05. The van der Waals surface area contributed by atoms with Crippen molar-refractivity contribution < 1.29 is 8.78 Å². The molecule has 1 aliphatic rings. The predicted octanol–water partition coefficient (Wildman–Crippen LogP) is 3.79. The van der Waals surface area contributed by atoms with Gasteiger partial charge in [0.2, 0.25) is 6.43 Å². The van der Waals surface area contributed by atoms with Gasteiger partial charge in [0.25, 0.3) is 0 Å². The molecule has 6 nitrogen and oxygen atoms in total. The van der Waals surface area contributed by atoms with Crippen LogP contribution in [-0.2, 0) is 7.05 Å². The highest BCUT2D eigenvalue weighted by Gasteiger charge is 2.38. The summed E-state index contributed by atoms with van der Waals surface area (Å²) in [7, 11) is 1.85. The van der Waals surface area contributed by atoms with E-state index in [4.69, 9.17) is 0 Å². The molecule has 1 saturated carbocycles. The van der Waals surface area contributed by atoms with Crippen molar-refractivity contribution in [3.05, 3.63) is 29.7 Å². The van der Waals surface area contributed by atoms with Crippen LogP contribution in [-0.4, -0.2) is 36.1 Å². The van der Waals surface area contributed by atoms with Crippen molar-refractivity contribution in [3.8, 4) is 11.4 Å². The molecule has 4 aromatic heterocycles. The summed E-state index contributed by atoms with van der Waals surface area (Å²) in [5, 5.41) is 6.06. The van der Waals surface area contributed by atoms with E-state index in [1.54, 1.807) is 17.1 Å². The van der Waals surface area contributed by atoms with Crippen molar-refractivity contribution in [1.82, 2.24) is 29.7 Å². The van der Waals surface area contributed by atoms with Gasteiger partial charge in [-0.3, -0.25) is 4.68 Å². The summed E-state index contributed by atoms with van der Waals surface area (Å²) in [6.45, 7) is 0. The minimum absolute atomic E-state index is 0.116. The van der Waals surface area contributed by atoms with Crippen molar-refractivity contribution in [1.29, 1.82) is 0 Å². The van der Waals surface area contributed by atoms with Crippen LogP contribution in [0.1, 0.15) is 23.8 Å². The summed E-state index contributed by atoms with van der Waals surface area (Å²) in [5.41, 5.74) is 2.20. The Labute approximate surface area is 150 Å². The van der Waals surface area contributed by atoms with E-state index in [0.717, 1.165) is 20.8 Å². The van der Waals surface area contributed by atoms with Gasteiger partial charge in [0.05, 0.1) is 11.2 Å². The van der Waals surface area contributed by atoms with Crippen LogP contribution >= 0.6 is 11.3 Å². The van der Waals surface area contributed by atoms with Crippen molar-refractivity contribution in [2.24, 2.45) is 13.0 Å². The average molecular weight is 372 g/mol. The van der Waals surface area contributed by atoms with Crippen LogP contribution in [0.25, 0.3) is 32.8 Å². The first-order valence-corrected chi connectivity index (χ1v) is 9.10. The van der Waals surface area contributed by atoms with E-state index in [2.05, 4.69) is 25.0 Å². The molecule has 0 amide bonds. The number of alkyl halides is 2. The van der Waals surface area contributed by atoms with Gasteiger partial charge in [-0.2, -0.15) is 5.10 Å². The van der Waals surface area contributed by atoms with Gasteiger partial charge in [-0.05, 0) is 18.9 Å². The highest BCUT2D eigenvalue weighted by atomic mass is 32.1. The largest absolute Gasteiger partial charge is 0.273 e. The lowest BCUT2D eigenvalue weighted by molar-refractivity contribution is 0.0226. The first kappa shape index (κ1) is 15.7. The molecular weight excluding hydrogens is 358 g/mol. The van der Waals surface area contributed by atoms with Gasteiger partial charge in [-0.15, -0.1) is 0 Å². The molecule has 0 radical (unpaired) electrons. The highest BCUT2D eigenvalue weighted by molar-refractivity contribution is 7.18. The Balaban J connectivity index is 1.47. The van der Waals surface area contributed by atoms with Gasteiger partial charge >= 0.3 is 0 Å². The lowest BCUT2D eigenvalue weighted by Gasteiger charge is -2.33. The third-order valence-corrected chi connectivity index (χ3v) is 5.91. The van der Waals surface area contributed by atoms with Crippen LogP contribution < -0.4 is 0 Å². The maximum atomic E-state index is 12.7. The maximum absolute atomic E-state index is 12.7. The quantitative estimate of drug-likeness (QED) is 0.547. The molecular formula is C17H14F2N6S. The first-order chi connectivity index (χ1) is 12.6. The zero-order valence-electron chi connectivity index (χ0n) is 13.8. The number of aromatic nitrogens is 6. The lowest BCUT2D eigenvalue weighted by atomic mass is 9.75. The fraction of sp³-hybridized carbons (Fsp3) is 0.353. The third kappa shape index (κ3) is 2.54. The topological polar surface area (TPSA) is 69.4 Å². The van der Waals surface area contributed by atoms with Gasteiger partial charge in [0, 0.05) is 42.2 Å². The molecule has 0 N–H and O–H groups in total. The van der Waals surface area contributed by atoms with Gasteiger partial charge in [0.1, 0.15) is 10.3 Å². The second-order valence-electron chi connectivity index (χ2n) is 6.64. The number of halogens is 2. The van der Waals surface area contributed by atoms with E-state index in [-0.39, 0.29) is 5.92 Å². The number of aryl methyl sites for hydroxylation is 1. The molecule has 4 heterocycles. The first-order valence-electron chi connectivity index (χ1n) is 8.28. The van der Waals surface area contributed by atoms with E-state index >= 15 is 0 Å². The predicted molar refractivity (Wildman–Crippen MR) is 94.2 cm³/mol. The highest BCUT2D eigenvalue weighted by Crippen LogP contribution is 2.46. The van der Waals surface area contributed by atoms with Crippen LogP contribution in [0.3, 0.4) is 0 Å². The van der Waals surface area contributed by atoms with Crippen molar-refractivity contribution >= 4 is 32.7 Å². The zero-order valence-corrected chi connectivity index (χ0v) is 14.6. The number of hydrogen-bond acceptors (Lipinski definition) is 6. The average Bonchev–Trinajstić information content (AvgIpc) is 3.13. The Morgan fingerprint density at radius 2 is 2.04 bits per heavy atom. The third-order valence-electron chi connectivity index (χ3n) is 4.78. The molecule has 132 valence electrons. The lowest BCUT2D eigenvalue weighted by Crippen LogP contribution is -2.27. The number of pyridine rings is 1. The maximum Gasteiger partial charge on any atom is 0.241 e. The molecule has 5 rings (SSSR count). The Kier molecular flexibility index (Phi) is 3.46. The summed E-state index contributed by atoms with van der Waals surface area (Å²) in [6, 6.07) is 1.96. The number of fused-ring (bicyclic) bond motifs is 2. The van der Waals surface area contributed by atoms with Crippen LogP contribution in [0.2, 0.25) is 0 Å². The summed E-state index contributed by atoms with van der Waals surface area (Å²) < 4.78 is 27.1. The molecule has 0 saturated heterocycles. The molecule has 0 aliphatic heterocycles. The SMILES string of the molecule is Cn1cc2cc(-c3ncc4nc(C5CC(C(F)F)C5)sc4n3)cnc2n1. The Bertz CT molecular complexity index is 1120.